The van der Waals surface area contributed by atoms with Crippen molar-refractivity contribution in [2.45, 2.75) is 12.8 Å². The number of amides is 2. The van der Waals surface area contributed by atoms with Gasteiger partial charge in [0.1, 0.15) is 0 Å². The van der Waals surface area contributed by atoms with E-state index in [2.05, 4.69) is 5.32 Å². The first-order chi connectivity index (χ1) is 11.6. The summed E-state index contributed by atoms with van der Waals surface area (Å²) in [6.07, 6.45) is 1.02. The summed E-state index contributed by atoms with van der Waals surface area (Å²) in [6.45, 7) is 0.973. The molecular formula is C19H19ClN2O2. The minimum Gasteiger partial charge on any atom is -0.355 e. The summed E-state index contributed by atoms with van der Waals surface area (Å²) in [5, 5.41) is 3.51. The van der Waals surface area contributed by atoms with Crippen molar-refractivity contribution in [1.82, 2.24) is 5.32 Å². The number of carbonyl (C=O) groups is 2. The van der Waals surface area contributed by atoms with Crippen LogP contribution in [0.25, 0.3) is 0 Å². The number of rotatable bonds is 5. The van der Waals surface area contributed by atoms with Gasteiger partial charge in [-0.3, -0.25) is 9.59 Å². The van der Waals surface area contributed by atoms with E-state index in [4.69, 9.17) is 11.6 Å². The largest absolute Gasteiger partial charge is 0.355 e. The molecule has 4 nitrogen and oxygen atoms in total. The number of hydrogen-bond acceptors (Lipinski definition) is 2. The van der Waals surface area contributed by atoms with Gasteiger partial charge in [-0.1, -0.05) is 48.0 Å². The third kappa shape index (κ3) is 3.95. The predicted octanol–water partition coefficient (Wildman–Crippen LogP) is 3.05. The van der Waals surface area contributed by atoms with Gasteiger partial charge in [-0.2, -0.15) is 0 Å². The zero-order valence-electron chi connectivity index (χ0n) is 13.2. The lowest BCUT2D eigenvalue weighted by molar-refractivity contribution is -0.126. The molecule has 124 valence electrons. The van der Waals surface area contributed by atoms with Crippen LogP contribution in [0, 0.1) is 5.92 Å². The Bertz CT molecular complexity index is 733. The highest BCUT2D eigenvalue weighted by atomic mass is 35.5. The van der Waals surface area contributed by atoms with Crippen molar-refractivity contribution in [3.63, 3.8) is 0 Å². The van der Waals surface area contributed by atoms with E-state index in [9.17, 15) is 9.59 Å². The molecule has 1 aliphatic rings. The lowest BCUT2D eigenvalue weighted by Crippen LogP contribution is -2.34. The standard InChI is InChI=1S/C19H19ClN2O2/c20-16-7-4-8-17(12-16)22-13-15(11-18(22)23)19(24)21-10-9-14-5-2-1-3-6-14/h1-8,12,15H,9-11,13H2,(H,21,24)/t15-/m0/s1. The van der Waals surface area contributed by atoms with E-state index < -0.39 is 0 Å². The van der Waals surface area contributed by atoms with Crippen molar-refractivity contribution in [1.29, 1.82) is 0 Å². The first-order valence-corrected chi connectivity index (χ1v) is 8.39. The number of benzene rings is 2. The van der Waals surface area contributed by atoms with E-state index >= 15 is 0 Å². The zero-order valence-corrected chi connectivity index (χ0v) is 14.0. The highest BCUT2D eigenvalue weighted by molar-refractivity contribution is 6.30. The van der Waals surface area contributed by atoms with E-state index in [1.807, 2.05) is 36.4 Å². The first kappa shape index (κ1) is 16.5. The summed E-state index contributed by atoms with van der Waals surface area (Å²) >= 11 is 5.98. The topological polar surface area (TPSA) is 49.4 Å². The monoisotopic (exact) mass is 342 g/mol. The van der Waals surface area contributed by atoms with Gasteiger partial charge in [0.15, 0.2) is 0 Å². The van der Waals surface area contributed by atoms with Crippen LogP contribution in [0.5, 0.6) is 0 Å². The molecule has 2 amide bonds. The van der Waals surface area contributed by atoms with Gasteiger partial charge in [-0.05, 0) is 30.2 Å². The van der Waals surface area contributed by atoms with Crippen LogP contribution >= 0.6 is 11.6 Å². The summed E-state index contributed by atoms with van der Waals surface area (Å²) in [4.78, 5) is 26.1. The van der Waals surface area contributed by atoms with Crippen molar-refractivity contribution in [2.24, 2.45) is 5.92 Å². The van der Waals surface area contributed by atoms with Gasteiger partial charge in [-0.15, -0.1) is 0 Å². The fourth-order valence-electron chi connectivity index (χ4n) is 2.90. The molecule has 1 heterocycles. The Hall–Kier alpha value is -2.33. The van der Waals surface area contributed by atoms with Crippen LogP contribution in [0.15, 0.2) is 54.6 Å². The SMILES string of the molecule is O=C(NCCc1ccccc1)[C@H]1CC(=O)N(c2cccc(Cl)c2)C1. The molecule has 3 rings (SSSR count). The van der Waals surface area contributed by atoms with Crippen LogP contribution in [0.1, 0.15) is 12.0 Å². The van der Waals surface area contributed by atoms with E-state index in [1.165, 1.54) is 5.56 Å². The molecule has 0 radical (unpaired) electrons. The maximum absolute atomic E-state index is 12.3. The summed E-state index contributed by atoms with van der Waals surface area (Å²) in [5.74, 6) is -0.420. The molecule has 2 aromatic carbocycles. The van der Waals surface area contributed by atoms with Gasteiger partial charge in [0, 0.05) is 30.2 Å². The van der Waals surface area contributed by atoms with E-state index in [0.29, 0.717) is 18.1 Å². The molecule has 5 heteroatoms. The molecule has 1 fully saturated rings. The van der Waals surface area contributed by atoms with E-state index in [1.54, 1.807) is 23.1 Å². The van der Waals surface area contributed by atoms with Gasteiger partial charge in [0.05, 0.1) is 5.92 Å². The number of halogens is 1. The second-order valence-corrected chi connectivity index (χ2v) is 6.35. The summed E-state index contributed by atoms with van der Waals surface area (Å²) in [6, 6.07) is 17.1. The minimum atomic E-state index is -0.313. The van der Waals surface area contributed by atoms with Gasteiger partial charge < -0.3 is 10.2 Å². The molecule has 1 aliphatic heterocycles. The highest BCUT2D eigenvalue weighted by Crippen LogP contribution is 2.27. The molecule has 0 bridgehead atoms. The maximum Gasteiger partial charge on any atom is 0.227 e. The second-order valence-electron chi connectivity index (χ2n) is 5.91. The Kier molecular flexibility index (Phi) is 5.16. The molecule has 1 saturated heterocycles. The zero-order chi connectivity index (χ0) is 16.9. The Balaban J connectivity index is 1.54. The van der Waals surface area contributed by atoms with Gasteiger partial charge in [0.2, 0.25) is 11.8 Å². The van der Waals surface area contributed by atoms with Crippen LogP contribution in [0.2, 0.25) is 5.02 Å². The Morgan fingerprint density at radius 2 is 1.96 bits per heavy atom. The van der Waals surface area contributed by atoms with E-state index in [0.717, 1.165) is 12.1 Å². The molecule has 0 saturated carbocycles. The van der Waals surface area contributed by atoms with Crippen molar-refractivity contribution in [3.8, 4) is 0 Å². The van der Waals surface area contributed by atoms with Crippen LogP contribution in [-0.2, 0) is 16.0 Å². The van der Waals surface area contributed by atoms with Gasteiger partial charge in [-0.25, -0.2) is 0 Å². The lowest BCUT2D eigenvalue weighted by atomic mass is 10.1. The molecule has 0 spiro atoms. The third-order valence-electron chi connectivity index (χ3n) is 4.17. The van der Waals surface area contributed by atoms with Gasteiger partial charge >= 0.3 is 0 Å². The summed E-state index contributed by atoms with van der Waals surface area (Å²) in [7, 11) is 0. The number of carbonyl (C=O) groups excluding carboxylic acids is 2. The second kappa shape index (κ2) is 7.49. The molecule has 1 N–H and O–H groups in total. The fraction of sp³-hybridized carbons (Fsp3) is 0.263. The Morgan fingerprint density at radius 1 is 1.17 bits per heavy atom. The number of nitrogens with zero attached hydrogens (tertiary/aromatic N) is 1. The summed E-state index contributed by atoms with van der Waals surface area (Å²) in [5.41, 5.74) is 1.92. The fourth-order valence-corrected chi connectivity index (χ4v) is 3.08. The minimum absolute atomic E-state index is 0.0412. The van der Waals surface area contributed by atoms with Crippen molar-refractivity contribution in [2.75, 3.05) is 18.0 Å². The predicted molar refractivity (Wildman–Crippen MR) is 95.1 cm³/mol. The van der Waals surface area contributed by atoms with Crippen molar-refractivity contribution in [3.05, 3.63) is 65.2 Å². The first-order valence-electron chi connectivity index (χ1n) is 8.01. The van der Waals surface area contributed by atoms with Gasteiger partial charge in [0.25, 0.3) is 0 Å². The average Bonchev–Trinajstić information content (AvgIpc) is 2.98. The molecule has 0 aliphatic carbocycles. The number of anilines is 1. The Labute approximate surface area is 146 Å². The lowest BCUT2D eigenvalue weighted by Gasteiger charge is -2.17. The van der Waals surface area contributed by atoms with Crippen LogP contribution in [0.4, 0.5) is 5.69 Å². The molecular weight excluding hydrogens is 324 g/mol. The number of nitrogens with one attached hydrogen (secondary N) is 1. The summed E-state index contributed by atoms with van der Waals surface area (Å²) < 4.78 is 0. The maximum atomic E-state index is 12.3. The van der Waals surface area contributed by atoms with E-state index in [-0.39, 0.29) is 24.2 Å². The van der Waals surface area contributed by atoms with Crippen LogP contribution < -0.4 is 10.2 Å². The Morgan fingerprint density at radius 3 is 2.71 bits per heavy atom. The smallest absolute Gasteiger partial charge is 0.227 e. The third-order valence-corrected chi connectivity index (χ3v) is 4.41. The van der Waals surface area contributed by atoms with Crippen LogP contribution in [0.3, 0.4) is 0 Å². The van der Waals surface area contributed by atoms with Crippen molar-refractivity contribution >= 4 is 29.1 Å². The molecule has 0 unspecified atom stereocenters. The quantitative estimate of drug-likeness (QED) is 0.908. The van der Waals surface area contributed by atoms with Crippen molar-refractivity contribution < 1.29 is 9.59 Å². The average molecular weight is 343 g/mol. The molecule has 1 atom stereocenters. The molecule has 24 heavy (non-hydrogen) atoms. The normalized spacial score (nSPS) is 17.1. The molecule has 2 aromatic rings. The van der Waals surface area contributed by atoms with Crippen LogP contribution in [-0.4, -0.2) is 24.9 Å². The number of hydrogen-bond donors (Lipinski definition) is 1. The molecule has 0 aromatic heterocycles. The highest BCUT2D eigenvalue weighted by Gasteiger charge is 2.34.